The maximum absolute atomic E-state index is 5.79. The molecule has 0 amide bonds. The number of para-hydroxylation sites is 2. The summed E-state index contributed by atoms with van der Waals surface area (Å²) in [5.74, 6) is 0.982. The Kier molecular flexibility index (Phi) is 6.04. The molecule has 174 valence electrons. The quantitative estimate of drug-likeness (QED) is 0.204. The maximum Gasteiger partial charge on any atom is 2.00 e. The van der Waals surface area contributed by atoms with Gasteiger partial charge in [0, 0.05) is 30.2 Å². The largest absolute Gasteiger partial charge is 2.00 e. The first kappa shape index (κ1) is 23.1. The third-order valence-electron chi connectivity index (χ3n) is 6.22. The summed E-state index contributed by atoms with van der Waals surface area (Å²) in [5.41, 5.74) is 6.21. The Hall–Kier alpha value is -3.69. The van der Waals surface area contributed by atoms with E-state index in [2.05, 4.69) is 83.4 Å². The Morgan fingerprint density at radius 2 is 1.63 bits per heavy atom. The van der Waals surface area contributed by atoms with Gasteiger partial charge in [0.1, 0.15) is 0 Å². The van der Waals surface area contributed by atoms with Crippen LogP contribution in [0, 0.1) is 12.1 Å². The van der Waals surface area contributed by atoms with Gasteiger partial charge in [0.05, 0.1) is 0 Å². The summed E-state index contributed by atoms with van der Waals surface area (Å²) in [6.45, 7) is 4.52. The second kappa shape index (κ2) is 9.16. The number of aromatic nitrogens is 3. The molecule has 3 aromatic carbocycles. The number of ether oxygens (including phenoxy) is 1. The van der Waals surface area contributed by atoms with Gasteiger partial charge in [0.2, 0.25) is 11.8 Å². The van der Waals surface area contributed by atoms with Gasteiger partial charge in [-0.1, -0.05) is 49.5 Å². The Bertz CT molecular complexity index is 1460. The molecule has 0 saturated heterocycles. The SMILES string of the molecule is CC1(C)c2ccc(-n3ccc(Oc4ccccn4)n3)[c-]c2N(c2[c-]cccc2)c2ccccc21.[Pt+2]. The van der Waals surface area contributed by atoms with Crippen molar-refractivity contribution in [3.05, 3.63) is 121 Å². The van der Waals surface area contributed by atoms with Crippen LogP contribution in [0.1, 0.15) is 25.0 Å². The van der Waals surface area contributed by atoms with Crippen molar-refractivity contribution >= 4 is 17.1 Å². The molecule has 0 fully saturated rings. The van der Waals surface area contributed by atoms with Gasteiger partial charge in [-0.2, -0.15) is 30.3 Å². The van der Waals surface area contributed by atoms with Crippen molar-refractivity contribution in [3.8, 4) is 17.4 Å². The van der Waals surface area contributed by atoms with Gasteiger partial charge in [-0.05, 0) is 28.8 Å². The van der Waals surface area contributed by atoms with Crippen molar-refractivity contribution in [2.45, 2.75) is 19.3 Å². The molecule has 3 heterocycles. The van der Waals surface area contributed by atoms with Crippen LogP contribution in [0.25, 0.3) is 5.69 Å². The van der Waals surface area contributed by atoms with E-state index in [0.29, 0.717) is 11.8 Å². The fourth-order valence-corrected chi connectivity index (χ4v) is 4.53. The maximum atomic E-state index is 5.79. The van der Waals surface area contributed by atoms with Gasteiger partial charge >= 0.3 is 21.1 Å². The van der Waals surface area contributed by atoms with Crippen molar-refractivity contribution < 1.29 is 25.8 Å². The fourth-order valence-electron chi connectivity index (χ4n) is 4.53. The number of hydrogen-bond donors (Lipinski definition) is 0. The van der Waals surface area contributed by atoms with Crippen LogP contribution in [-0.4, -0.2) is 14.8 Å². The third kappa shape index (κ3) is 4.06. The van der Waals surface area contributed by atoms with E-state index in [1.54, 1.807) is 16.9 Å². The van der Waals surface area contributed by atoms with Gasteiger partial charge in [-0.15, -0.1) is 28.9 Å². The van der Waals surface area contributed by atoms with Gasteiger partial charge in [0.15, 0.2) is 0 Å². The Labute approximate surface area is 219 Å². The molecule has 5 nitrogen and oxygen atoms in total. The van der Waals surface area contributed by atoms with E-state index in [1.807, 2.05) is 42.6 Å². The van der Waals surface area contributed by atoms with E-state index in [0.717, 1.165) is 22.7 Å². The smallest absolute Gasteiger partial charge is 0.419 e. The predicted octanol–water partition coefficient (Wildman–Crippen LogP) is 6.77. The first-order valence-electron chi connectivity index (χ1n) is 11.2. The third-order valence-corrected chi connectivity index (χ3v) is 6.22. The molecule has 1 aliphatic heterocycles. The zero-order valence-corrected chi connectivity index (χ0v) is 21.5. The predicted molar refractivity (Wildman–Crippen MR) is 132 cm³/mol. The molecule has 0 unspecified atom stereocenters. The molecule has 0 bridgehead atoms. The van der Waals surface area contributed by atoms with E-state index >= 15 is 0 Å². The molecule has 2 aromatic heterocycles. The topological polar surface area (TPSA) is 43.2 Å². The molecular weight excluding hydrogens is 615 g/mol. The van der Waals surface area contributed by atoms with Crippen molar-refractivity contribution in [3.63, 3.8) is 0 Å². The van der Waals surface area contributed by atoms with E-state index < -0.39 is 0 Å². The van der Waals surface area contributed by atoms with E-state index in [9.17, 15) is 0 Å². The van der Waals surface area contributed by atoms with Crippen molar-refractivity contribution in [2.75, 3.05) is 4.90 Å². The summed E-state index contributed by atoms with van der Waals surface area (Å²) >= 11 is 0. The molecule has 6 heteroatoms. The van der Waals surface area contributed by atoms with Crippen LogP contribution in [0.5, 0.6) is 11.8 Å². The molecule has 5 aromatic rings. The Balaban J connectivity index is 0.00000253. The molecule has 35 heavy (non-hydrogen) atoms. The summed E-state index contributed by atoms with van der Waals surface area (Å²) < 4.78 is 7.57. The number of rotatable bonds is 4. The number of hydrogen-bond acceptors (Lipinski definition) is 4. The summed E-state index contributed by atoms with van der Waals surface area (Å²) in [5, 5.41) is 4.60. The molecule has 6 rings (SSSR count). The van der Waals surface area contributed by atoms with E-state index in [-0.39, 0.29) is 26.5 Å². The van der Waals surface area contributed by atoms with Crippen LogP contribution in [-0.2, 0) is 26.5 Å². The van der Waals surface area contributed by atoms with Gasteiger partial charge in [-0.3, -0.25) is 4.68 Å². The first-order chi connectivity index (χ1) is 16.6. The van der Waals surface area contributed by atoms with Gasteiger partial charge in [0.25, 0.3) is 0 Å². The van der Waals surface area contributed by atoms with E-state index in [4.69, 9.17) is 4.74 Å². The van der Waals surface area contributed by atoms with Crippen LogP contribution in [0.4, 0.5) is 17.1 Å². The zero-order valence-electron chi connectivity index (χ0n) is 19.3. The fraction of sp³-hybridized carbons (Fsp3) is 0.103. The van der Waals surface area contributed by atoms with Crippen LogP contribution >= 0.6 is 0 Å². The average molecular weight is 638 g/mol. The number of pyridine rings is 1. The molecule has 1 aliphatic rings. The van der Waals surface area contributed by atoms with Crippen LogP contribution in [0.2, 0.25) is 0 Å². The summed E-state index contributed by atoms with van der Waals surface area (Å²) in [4.78, 5) is 6.44. The standard InChI is InChI=1S/C29H22N4O.Pt/c1-29(2)23-12-6-7-13-25(23)33(21-10-4-3-5-11-21)26-20-22(15-16-24(26)29)32-19-17-28(31-32)34-27-14-8-9-18-30-27;/h3-10,12-19H,1-2H3;/q-2;+2. The minimum absolute atomic E-state index is 0. The molecule has 0 N–H and O–H groups in total. The minimum atomic E-state index is -0.177. The monoisotopic (exact) mass is 637 g/mol. The number of fused-ring (bicyclic) bond motifs is 2. The van der Waals surface area contributed by atoms with E-state index in [1.165, 1.54) is 11.1 Å². The molecule has 0 spiro atoms. The molecule has 0 saturated carbocycles. The summed E-state index contributed by atoms with van der Waals surface area (Å²) in [7, 11) is 0. The normalized spacial score (nSPS) is 13.4. The second-order valence-electron chi connectivity index (χ2n) is 8.70. The van der Waals surface area contributed by atoms with Crippen molar-refractivity contribution in [2.24, 2.45) is 0 Å². The average Bonchev–Trinajstić information content (AvgIpc) is 3.34. The van der Waals surface area contributed by atoms with Crippen molar-refractivity contribution in [1.82, 2.24) is 14.8 Å². The number of benzene rings is 3. The van der Waals surface area contributed by atoms with Gasteiger partial charge < -0.3 is 9.64 Å². The Morgan fingerprint density at radius 1 is 0.800 bits per heavy atom. The summed E-state index contributed by atoms with van der Waals surface area (Å²) in [6, 6.07) is 35.2. The molecular formula is C29H22N4OPt. The zero-order chi connectivity index (χ0) is 23.1. The van der Waals surface area contributed by atoms with Crippen LogP contribution in [0.15, 0.2) is 97.3 Å². The van der Waals surface area contributed by atoms with Crippen LogP contribution in [0.3, 0.4) is 0 Å². The minimum Gasteiger partial charge on any atom is -0.419 e. The van der Waals surface area contributed by atoms with Gasteiger partial charge in [-0.25, -0.2) is 4.98 Å². The molecule has 0 aliphatic carbocycles. The number of anilines is 3. The molecule has 0 atom stereocenters. The Morgan fingerprint density at radius 3 is 2.43 bits per heavy atom. The second-order valence-corrected chi connectivity index (χ2v) is 8.70. The van der Waals surface area contributed by atoms with Crippen LogP contribution < -0.4 is 9.64 Å². The van der Waals surface area contributed by atoms with Crippen molar-refractivity contribution in [1.29, 1.82) is 0 Å². The molecule has 0 radical (unpaired) electrons. The first-order valence-corrected chi connectivity index (χ1v) is 11.2. The number of nitrogens with zero attached hydrogens (tertiary/aromatic N) is 4. The summed E-state index contributed by atoms with van der Waals surface area (Å²) in [6.07, 6.45) is 3.57.